The number of imidazole rings is 1. The Labute approximate surface area is 150 Å². The van der Waals surface area contributed by atoms with Crippen molar-refractivity contribution in [3.8, 4) is 0 Å². The van der Waals surface area contributed by atoms with Crippen molar-refractivity contribution >= 4 is 43.8 Å². The monoisotopic (exact) mass is 429 g/mol. The van der Waals surface area contributed by atoms with Crippen LogP contribution >= 0.6 is 15.0 Å². The van der Waals surface area contributed by atoms with E-state index in [0.717, 1.165) is 0 Å². The third kappa shape index (κ3) is 4.09. The van der Waals surface area contributed by atoms with Gasteiger partial charge in [-0.1, -0.05) is 0 Å². The van der Waals surface area contributed by atoms with E-state index < -0.39 is 46.2 Å². The number of phosphoric acid groups is 1. The van der Waals surface area contributed by atoms with Crippen molar-refractivity contribution in [2.75, 3.05) is 12.3 Å². The van der Waals surface area contributed by atoms with Gasteiger partial charge >= 0.3 is 7.82 Å². The minimum absolute atomic E-state index is 0.107. The summed E-state index contributed by atoms with van der Waals surface area (Å²) in [6.07, 6.45) is -3.39. The molecule has 144 valence electrons. The molecule has 16 heteroatoms. The van der Waals surface area contributed by atoms with E-state index in [4.69, 9.17) is 24.8 Å². The van der Waals surface area contributed by atoms with Crippen LogP contribution in [-0.2, 0) is 29.9 Å². The van der Waals surface area contributed by atoms with Crippen LogP contribution in [-0.4, -0.2) is 59.4 Å². The molecule has 0 radical (unpaired) electrons. The Hall–Kier alpha value is -1.08. The first-order chi connectivity index (χ1) is 12.2. The van der Waals surface area contributed by atoms with E-state index in [1.807, 2.05) is 0 Å². The van der Waals surface area contributed by atoms with Crippen molar-refractivity contribution in [2.24, 2.45) is 0 Å². The number of alkyl halides is 1. The highest BCUT2D eigenvalue weighted by Gasteiger charge is 2.46. The van der Waals surface area contributed by atoms with Gasteiger partial charge in [-0.15, -0.1) is 0 Å². The Morgan fingerprint density at radius 3 is 2.88 bits per heavy atom. The number of rotatable bonds is 6. The third-order valence-electron chi connectivity index (χ3n) is 3.51. The van der Waals surface area contributed by atoms with Crippen molar-refractivity contribution in [1.29, 1.82) is 0 Å². The van der Waals surface area contributed by atoms with Crippen LogP contribution in [0, 0.1) is 0 Å². The molecule has 5 N–H and O–H groups in total. The summed E-state index contributed by atoms with van der Waals surface area (Å²) in [6, 6.07) is 0. The van der Waals surface area contributed by atoms with Gasteiger partial charge in [-0.2, -0.15) is 0 Å². The summed E-state index contributed by atoms with van der Waals surface area (Å²) in [6.45, 7) is -0.417. The average molecular weight is 429 g/mol. The topological polar surface area (TPSA) is 175 Å². The molecule has 26 heavy (non-hydrogen) atoms. The smallest absolute Gasteiger partial charge is 0.387 e. The maximum atomic E-state index is 14.5. The van der Waals surface area contributed by atoms with Crippen molar-refractivity contribution < 1.29 is 37.4 Å². The molecule has 1 aliphatic heterocycles. The zero-order valence-corrected chi connectivity index (χ0v) is 15.5. The second-order valence-corrected chi connectivity index (χ2v) is 8.73. The van der Waals surface area contributed by atoms with Crippen LogP contribution in [0.3, 0.4) is 0 Å². The van der Waals surface area contributed by atoms with Gasteiger partial charge in [0.25, 0.3) is 0 Å². The van der Waals surface area contributed by atoms with E-state index in [9.17, 15) is 14.1 Å². The molecule has 3 rings (SSSR count). The summed E-state index contributed by atoms with van der Waals surface area (Å²) < 4.78 is 41.1. The largest absolute Gasteiger partial charge is 0.475 e. The van der Waals surface area contributed by atoms with Crippen molar-refractivity contribution in [3.05, 3.63) is 12.7 Å². The molecule has 3 heterocycles. The Morgan fingerprint density at radius 2 is 2.19 bits per heavy atom. The standard InChI is InChI=1S/C10H14FN5O7P2S/c11-5-7(17)4(1-21-24(26)23-25(18,19)20)22-10(5)16-3-15-6-8(12)13-2-14-9(6)16/h2-5,7,10,17,24H,1H2,(H2,12,13,14)(H2,18,19,20)/t4-,5+,7+,10-/m1/s1. The Kier molecular flexibility index (Phi) is 5.68. The van der Waals surface area contributed by atoms with Crippen molar-refractivity contribution in [3.63, 3.8) is 0 Å². The zero-order valence-electron chi connectivity index (χ0n) is 12.7. The van der Waals surface area contributed by atoms with Crippen LogP contribution in [0.1, 0.15) is 6.23 Å². The SMILES string of the molecule is Nc1ncnc2c1ncn2[C@@H]1O[C@H](CO[PH](=S)OP(=O)(O)O)[C@H](O)[C@@H]1F. The van der Waals surface area contributed by atoms with Crippen molar-refractivity contribution in [1.82, 2.24) is 19.5 Å². The number of halogens is 1. The fourth-order valence-corrected chi connectivity index (χ4v) is 4.76. The lowest BCUT2D eigenvalue weighted by Gasteiger charge is -2.16. The van der Waals surface area contributed by atoms with E-state index in [2.05, 4.69) is 31.1 Å². The lowest BCUT2D eigenvalue weighted by atomic mass is 10.1. The maximum absolute atomic E-state index is 14.5. The first-order valence-electron chi connectivity index (χ1n) is 7.00. The number of aliphatic hydroxyl groups is 1. The van der Waals surface area contributed by atoms with Gasteiger partial charge in [0.1, 0.15) is 24.1 Å². The van der Waals surface area contributed by atoms with Gasteiger partial charge in [0.05, 0.1) is 12.9 Å². The van der Waals surface area contributed by atoms with Gasteiger partial charge < -0.3 is 29.9 Å². The average Bonchev–Trinajstić information content (AvgIpc) is 3.08. The van der Waals surface area contributed by atoms with E-state index in [-0.39, 0.29) is 17.0 Å². The van der Waals surface area contributed by atoms with Gasteiger partial charge in [0, 0.05) is 0 Å². The normalized spacial score (nSPS) is 27.8. The second kappa shape index (κ2) is 7.50. The Morgan fingerprint density at radius 1 is 1.46 bits per heavy atom. The highest BCUT2D eigenvalue weighted by molar-refractivity contribution is 8.02. The van der Waals surface area contributed by atoms with Crippen LogP contribution in [0.2, 0.25) is 0 Å². The summed E-state index contributed by atoms with van der Waals surface area (Å²) >= 11 is 4.66. The predicted molar refractivity (Wildman–Crippen MR) is 89.3 cm³/mol. The van der Waals surface area contributed by atoms with Crippen molar-refractivity contribution in [2.45, 2.75) is 24.6 Å². The number of ether oxygens (including phenoxy) is 1. The minimum Gasteiger partial charge on any atom is -0.387 e. The van der Waals surface area contributed by atoms with E-state index in [1.54, 1.807) is 0 Å². The van der Waals surface area contributed by atoms with Crippen LogP contribution in [0.15, 0.2) is 12.7 Å². The minimum atomic E-state index is -4.79. The van der Waals surface area contributed by atoms with Crippen LogP contribution < -0.4 is 5.73 Å². The number of nitrogens with zero attached hydrogens (tertiary/aromatic N) is 4. The highest BCUT2D eigenvalue weighted by atomic mass is 32.4. The van der Waals surface area contributed by atoms with Gasteiger partial charge in [-0.3, -0.25) is 4.57 Å². The number of aromatic nitrogens is 4. The van der Waals surface area contributed by atoms with Crippen LogP contribution in [0.25, 0.3) is 11.2 Å². The zero-order chi connectivity index (χ0) is 19.1. The lowest BCUT2D eigenvalue weighted by Crippen LogP contribution is -2.31. The molecule has 2 aromatic heterocycles. The second-order valence-electron chi connectivity index (χ2n) is 5.23. The number of hydrogen-bond acceptors (Lipinski definition) is 10. The molecule has 0 aliphatic carbocycles. The number of anilines is 1. The quantitative estimate of drug-likeness (QED) is 0.439. The molecule has 0 amide bonds. The van der Waals surface area contributed by atoms with E-state index in [0.29, 0.717) is 0 Å². The molecular weight excluding hydrogens is 415 g/mol. The first kappa shape index (κ1) is 19.7. The maximum Gasteiger partial charge on any atom is 0.475 e. The molecule has 1 unspecified atom stereocenters. The highest BCUT2D eigenvalue weighted by Crippen LogP contribution is 2.48. The molecule has 0 saturated carbocycles. The molecule has 2 aromatic rings. The van der Waals surface area contributed by atoms with Gasteiger partial charge in [0.15, 0.2) is 31.0 Å². The summed E-state index contributed by atoms with van der Waals surface area (Å²) in [5, 5.41) is 10.0. The van der Waals surface area contributed by atoms with Gasteiger partial charge in [-0.05, 0) is 11.8 Å². The summed E-state index contributed by atoms with van der Waals surface area (Å²) in [4.78, 5) is 29.1. The van der Waals surface area contributed by atoms with Gasteiger partial charge in [0.2, 0.25) is 0 Å². The van der Waals surface area contributed by atoms with Gasteiger partial charge in [-0.25, -0.2) is 28.2 Å². The first-order valence-corrected chi connectivity index (χ1v) is 11.0. The fourth-order valence-electron chi connectivity index (χ4n) is 2.40. The third-order valence-corrected chi connectivity index (χ3v) is 6.49. The lowest BCUT2D eigenvalue weighted by molar-refractivity contribution is -0.0403. The molecule has 0 bridgehead atoms. The fraction of sp³-hybridized carbons (Fsp3) is 0.500. The number of fused-ring (bicyclic) bond motifs is 1. The molecule has 1 saturated heterocycles. The number of hydrogen-bond donors (Lipinski definition) is 4. The summed E-state index contributed by atoms with van der Waals surface area (Å²) in [7, 11) is -7.53. The van der Waals surface area contributed by atoms with E-state index in [1.165, 1.54) is 17.2 Å². The molecule has 1 aliphatic rings. The number of nitrogen functional groups attached to an aromatic ring is 1. The summed E-state index contributed by atoms with van der Waals surface area (Å²) in [5.41, 5.74) is 6.14. The van der Waals surface area contributed by atoms with Crippen LogP contribution in [0.4, 0.5) is 10.2 Å². The molecule has 12 nitrogen and oxygen atoms in total. The molecule has 5 atom stereocenters. The number of aliphatic hydroxyl groups excluding tert-OH is 1. The Balaban J connectivity index is 1.72. The molecule has 1 fully saturated rings. The predicted octanol–water partition coefficient (Wildman–Crippen LogP) is -0.363. The number of nitrogens with two attached hydrogens (primary N) is 1. The molecular formula is C10H14FN5O7P2S. The molecule has 0 spiro atoms. The van der Waals surface area contributed by atoms with E-state index >= 15 is 0 Å². The van der Waals surface area contributed by atoms with Crippen LogP contribution in [0.5, 0.6) is 0 Å². The summed E-state index contributed by atoms with van der Waals surface area (Å²) in [5.74, 6) is 0.107. The molecule has 0 aromatic carbocycles. The Bertz CT molecular complexity index is 881.